The van der Waals surface area contributed by atoms with Gasteiger partial charge in [0.05, 0.1) is 41.6 Å². The number of amides is 1. The van der Waals surface area contributed by atoms with Crippen LogP contribution in [0.2, 0.25) is 5.02 Å². The highest BCUT2D eigenvalue weighted by Gasteiger charge is 2.31. The predicted octanol–water partition coefficient (Wildman–Crippen LogP) is 3.83. The molecule has 0 saturated carbocycles. The minimum Gasteiger partial charge on any atom is -0.490 e. The van der Waals surface area contributed by atoms with Gasteiger partial charge in [0, 0.05) is 43.4 Å². The fourth-order valence-electron chi connectivity index (χ4n) is 4.67. The summed E-state index contributed by atoms with van der Waals surface area (Å²) in [7, 11) is -5.98. The van der Waals surface area contributed by atoms with Crippen LogP contribution in [0, 0.1) is 5.92 Å². The summed E-state index contributed by atoms with van der Waals surface area (Å²) in [5.41, 5.74) is 0.276. The summed E-state index contributed by atoms with van der Waals surface area (Å²) in [6.07, 6.45) is 2.52. The molecule has 0 aliphatic carbocycles. The zero-order chi connectivity index (χ0) is 31.9. The van der Waals surface area contributed by atoms with Gasteiger partial charge < -0.3 is 19.5 Å². The third kappa shape index (κ3) is 9.79. The van der Waals surface area contributed by atoms with E-state index < -0.39 is 38.1 Å². The average molecular weight is 660 g/mol. The van der Waals surface area contributed by atoms with Crippen LogP contribution < -0.4 is 9.46 Å². The Labute approximate surface area is 260 Å². The summed E-state index contributed by atoms with van der Waals surface area (Å²) < 4.78 is 66.5. The number of anilines is 1. The van der Waals surface area contributed by atoms with Crippen molar-refractivity contribution in [3.05, 3.63) is 53.1 Å². The summed E-state index contributed by atoms with van der Waals surface area (Å²) in [6, 6.07) is 9.61. The van der Waals surface area contributed by atoms with Crippen LogP contribution in [0.1, 0.15) is 50.4 Å². The number of ether oxygens (including phenoxy) is 2. The van der Waals surface area contributed by atoms with Crippen LogP contribution in [0.5, 0.6) is 5.75 Å². The van der Waals surface area contributed by atoms with Crippen LogP contribution in [-0.2, 0) is 24.8 Å². The van der Waals surface area contributed by atoms with E-state index in [-0.39, 0.29) is 53.6 Å². The lowest BCUT2D eigenvalue weighted by Crippen LogP contribution is -2.47. The van der Waals surface area contributed by atoms with Crippen molar-refractivity contribution in [2.24, 2.45) is 5.92 Å². The van der Waals surface area contributed by atoms with Gasteiger partial charge in [0.25, 0.3) is 15.9 Å². The molecule has 1 amide bonds. The Bertz CT molecular complexity index is 1450. The van der Waals surface area contributed by atoms with Gasteiger partial charge in [0.1, 0.15) is 5.75 Å². The fraction of sp³-hybridized carbons (Fsp3) is 0.552. The molecule has 0 fully saturated rings. The lowest BCUT2D eigenvalue weighted by atomic mass is 10.0. The number of rotatable bonds is 8. The second-order valence-corrected chi connectivity index (χ2v) is 15.3. The van der Waals surface area contributed by atoms with Crippen molar-refractivity contribution in [2.45, 2.75) is 63.2 Å². The number of carbonyl (C=O) groups excluding carboxylic acids is 1. The quantitative estimate of drug-likeness (QED) is 0.436. The van der Waals surface area contributed by atoms with Crippen molar-refractivity contribution in [1.29, 1.82) is 0 Å². The molecule has 1 aliphatic heterocycles. The maximum absolute atomic E-state index is 14.2. The van der Waals surface area contributed by atoms with Crippen LogP contribution in [0.15, 0.2) is 47.4 Å². The number of aliphatic hydroxyl groups is 1. The lowest BCUT2D eigenvalue weighted by Gasteiger charge is -2.35. The number of benzene rings is 2. The first-order valence-electron chi connectivity index (χ1n) is 14.2. The SMILES string of the molecule is C[C@@H]1CCCCO[C@H](CN(C)S(C)(=O)=O)[C@@H](C)CN([C@H](C)CO)C(=O)c2cc(NS(=O)(=O)c3ccc(Cl)cc3)ccc2O1. The fourth-order valence-corrected chi connectivity index (χ4v) is 6.26. The predicted molar refractivity (Wildman–Crippen MR) is 167 cm³/mol. The highest BCUT2D eigenvalue weighted by atomic mass is 35.5. The zero-order valence-electron chi connectivity index (χ0n) is 25.2. The zero-order valence-corrected chi connectivity index (χ0v) is 27.6. The maximum atomic E-state index is 14.2. The van der Waals surface area contributed by atoms with Crippen molar-refractivity contribution in [1.82, 2.24) is 9.21 Å². The molecule has 0 aromatic heterocycles. The molecule has 0 saturated heterocycles. The summed E-state index contributed by atoms with van der Waals surface area (Å²) in [5, 5.41) is 10.5. The van der Waals surface area contributed by atoms with E-state index in [1.54, 1.807) is 13.0 Å². The molecule has 2 aromatic rings. The van der Waals surface area contributed by atoms with E-state index in [0.29, 0.717) is 18.1 Å². The summed E-state index contributed by atoms with van der Waals surface area (Å²) in [6.45, 7) is 5.77. The molecule has 4 atom stereocenters. The topological polar surface area (TPSA) is 143 Å². The van der Waals surface area contributed by atoms with Crippen molar-refractivity contribution in [3.63, 3.8) is 0 Å². The van der Waals surface area contributed by atoms with Crippen molar-refractivity contribution < 1.29 is 36.2 Å². The summed E-state index contributed by atoms with van der Waals surface area (Å²) in [5.74, 6) is -0.508. The number of nitrogens with one attached hydrogen (secondary N) is 1. The Morgan fingerprint density at radius 2 is 1.79 bits per heavy atom. The minimum absolute atomic E-state index is 0.00244. The third-order valence-electron chi connectivity index (χ3n) is 7.43. The Morgan fingerprint density at radius 3 is 2.42 bits per heavy atom. The molecule has 11 nitrogen and oxygen atoms in total. The number of hydrogen-bond acceptors (Lipinski definition) is 8. The number of carbonyl (C=O) groups is 1. The molecule has 43 heavy (non-hydrogen) atoms. The first-order chi connectivity index (χ1) is 20.1. The van der Waals surface area contributed by atoms with Gasteiger partial charge in [-0.15, -0.1) is 0 Å². The number of nitrogens with zero attached hydrogens (tertiary/aromatic N) is 2. The molecule has 2 aromatic carbocycles. The van der Waals surface area contributed by atoms with Gasteiger partial charge in [-0.2, -0.15) is 0 Å². The molecule has 0 spiro atoms. The van der Waals surface area contributed by atoms with Crippen molar-refractivity contribution in [3.8, 4) is 5.75 Å². The first kappa shape index (κ1) is 35.1. The van der Waals surface area contributed by atoms with E-state index in [4.69, 9.17) is 21.1 Å². The molecule has 240 valence electrons. The molecular weight excluding hydrogens is 618 g/mol. The van der Waals surface area contributed by atoms with Crippen molar-refractivity contribution in [2.75, 3.05) is 44.3 Å². The van der Waals surface area contributed by atoms with Gasteiger partial charge in [-0.3, -0.25) is 9.52 Å². The Kier molecular flexibility index (Phi) is 12.3. The van der Waals surface area contributed by atoms with Crippen LogP contribution in [-0.4, -0.2) is 94.9 Å². The first-order valence-corrected chi connectivity index (χ1v) is 17.9. The van der Waals surface area contributed by atoms with Gasteiger partial charge in [0.15, 0.2) is 0 Å². The maximum Gasteiger partial charge on any atom is 0.261 e. The van der Waals surface area contributed by atoms with E-state index in [1.165, 1.54) is 52.7 Å². The van der Waals surface area contributed by atoms with E-state index in [2.05, 4.69) is 4.72 Å². The average Bonchev–Trinajstić information content (AvgIpc) is 2.94. The van der Waals surface area contributed by atoms with Gasteiger partial charge in [-0.05, 0) is 75.6 Å². The molecule has 0 radical (unpaired) electrons. The van der Waals surface area contributed by atoms with Crippen LogP contribution >= 0.6 is 11.6 Å². The highest BCUT2D eigenvalue weighted by molar-refractivity contribution is 7.92. The van der Waals surface area contributed by atoms with Gasteiger partial charge >= 0.3 is 0 Å². The largest absolute Gasteiger partial charge is 0.490 e. The smallest absolute Gasteiger partial charge is 0.261 e. The van der Waals surface area contributed by atoms with E-state index in [0.717, 1.165) is 19.1 Å². The molecule has 3 rings (SSSR count). The monoisotopic (exact) mass is 659 g/mol. The second-order valence-electron chi connectivity index (χ2n) is 11.1. The molecule has 0 bridgehead atoms. The number of halogens is 1. The number of hydrogen-bond donors (Lipinski definition) is 2. The highest BCUT2D eigenvalue weighted by Crippen LogP contribution is 2.29. The van der Waals surface area contributed by atoms with E-state index in [9.17, 15) is 26.7 Å². The van der Waals surface area contributed by atoms with Gasteiger partial charge in [0.2, 0.25) is 10.0 Å². The molecule has 14 heteroatoms. The lowest BCUT2D eigenvalue weighted by molar-refractivity contribution is -0.00828. The van der Waals surface area contributed by atoms with Crippen LogP contribution in [0.25, 0.3) is 0 Å². The molecule has 1 heterocycles. The van der Waals surface area contributed by atoms with Crippen molar-refractivity contribution >= 4 is 43.2 Å². The molecular formula is C29H42ClN3O8S2. The van der Waals surface area contributed by atoms with E-state index >= 15 is 0 Å². The Morgan fingerprint density at radius 1 is 1.12 bits per heavy atom. The third-order valence-corrected chi connectivity index (χ3v) is 10.4. The minimum atomic E-state index is -3.99. The molecule has 1 aliphatic rings. The van der Waals surface area contributed by atoms with E-state index in [1.807, 2.05) is 13.8 Å². The molecule has 0 unspecified atom stereocenters. The van der Waals surface area contributed by atoms with Gasteiger partial charge in [-0.25, -0.2) is 21.1 Å². The summed E-state index contributed by atoms with van der Waals surface area (Å²) >= 11 is 5.91. The normalized spacial score (nSPS) is 21.9. The van der Waals surface area contributed by atoms with Crippen LogP contribution in [0.3, 0.4) is 0 Å². The standard InChI is InChI=1S/C29H42ClN3O8S2/c1-20-17-33(21(2)19-34)29(35)26-16-24(31-43(38,39)25-12-9-23(30)10-13-25)11-14-27(26)41-22(3)8-6-7-15-40-28(20)18-32(4)42(5,36)37/h9-14,16,20-22,28,31,34H,6-8,15,17-19H2,1-5H3/t20-,21+,22+,28+/m0/s1. The van der Waals surface area contributed by atoms with Crippen LogP contribution in [0.4, 0.5) is 5.69 Å². The second kappa shape index (κ2) is 15.0. The Balaban J connectivity index is 2.02. The Hall–Kier alpha value is -2.42. The number of sulfonamides is 2. The number of likely N-dealkylation sites (N-methyl/N-ethyl adjacent to an activating group) is 1. The number of aliphatic hydroxyl groups excluding tert-OH is 1. The summed E-state index contributed by atoms with van der Waals surface area (Å²) in [4.78, 5) is 15.7. The number of fused-ring (bicyclic) bond motifs is 1. The van der Waals surface area contributed by atoms with Gasteiger partial charge in [-0.1, -0.05) is 18.5 Å². The molecule has 2 N–H and O–H groups in total.